The Bertz CT molecular complexity index is 1120. The molecule has 0 heterocycles. The first-order valence-corrected chi connectivity index (χ1v) is 10.0. The summed E-state index contributed by atoms with van der Waals surface area (Å²) in [6, 6.07) is 17.8. The third-order valence-corrected chi connectivity index (χ3v) is 5.56. The Morgan fingerprint density at radius 1 is 1.00 bits per heavy atom. The van der Waals surface area contributed by atoms with E-state index in [1.165, 1.54) is 49.7 Å². The lowest BCUT2D eigenvalue weighted by Gasteiger charge is -2.24. The van der Waals surface area contributed by atoms with Crippen molar-refractivity contribution < 1.29 is 0 Å². The van der Waals surface area contributed by atoms with Gasteiger partial charge in [0.2, 0.25) is 0 Å². The highest BCUT2D eigenvalue weighted by atomic mass is 14.2. The number of fused-ring (bicyclic) bond motifs is 2. The zero-order valence-corrected chi connectivity index (χ0v) is 16.7. The minimum atomic E-state index is 1.07. The molecule has 0 fully saturated rings. The first kappa shape index (κ1) is 18.3. The Kier molecular flexibility index (Phi) is 5.12. The highest BCUT2D eigenvalue weighted by Gasteiger charge is 2.21. The fourth-order valence-corrected chi connectivity index (χ4v) is 4.24. The first-order chi connectivity index (χ1) is 13.7. The van der Waals surface area contributed by atoms with Crippen LogP contribution in [0.4, 0.5) is 0 Å². The van der Waals surface area contributed by atoms with Gasteiger partial charge in [-0.05, 0) is 70.9 Å². The van der Waals surface area contributed by atoms with Gasteiger partial charge in [0.25, 0.3) is 0 Å². The SMILES string of the molecule is C=C/C=C\C(=C/C)c1c2c(c(-c3ccc(C)cc3)c3ccccc13)C=CCC2. The predicted octanol–water partition coefficient (Wildman–Crippen LogP) is 7.92. The van der Waals surface area contributed by atoms with Crippen molar-refractivity contribution in [3.05, 3.63) is 108 Å². The van der Waals surface area contributed by atoms with Crippen LogP contribution in [0.1, 0.15) is 35.6 Å². The number of hydrogen-bond acceptors (Lipinski definition) is 0. The zero-order chi connectivity index (χ0) is 19.5. The molecule has 3 aromatic carbocycles. The molecule has 0 bridgehead atoms. The molecule has 0 atom stereocenters. The molecule has 0 heteroatoms. The van der Waals surface area contributed by atoms with E-state index in [1.54, 1.807) is 0 Å². The van der Waals surface area contributed by atoms with E-state index >= 15 is 0 Å². The van der Waals surface area contributed by atoms with Crippen molar-refractivity contribution in [3.8, 4) is 11.1 Å². The van der Waals surface area contributed by atoms with Crippen molar-refractivity contribution in [1.29, 1.82) is 0 Å². The molecule has 0 aliphatic heterocycles. The van der Waals surface area contributed by atoms with Crippen molar-refractivity contribution in [2.45, 2.75) is 26.7 Å². The van der Waals surface area contributed by atoms with Gasteiger partial charge in [-0.1, -0.05) is 97.1 Å². The van der Waals surface area contributed by atoms with Crippen LogP contribution < -0.4 is 0 Å². The molecule has 0 saturated carbocycles. The van der Waals surface area contributed by atoms with Gasteiger partial charge in [-0.2, -0.15) is 0 Å². The van der Waals surface area contributed by atoms with Gasteiger partial charge in [0, 0.05) is 0 Å². The maximum absolute atomic E-state index is 3.85. The molecule has 1 aliphatic rings. The van der Waals surface area contributed by atoms with Gasteiger partial charge in [-0.25, -0.2) is 0 Å². The van der Waals surface area contributed by atoms with Crippen molar-refractivity contribution in [2.24, 2.45) is 0 Å². The van der Waals surface area contributed by atoms with Crippen LogP contribution in [0.3, 0.4) is 0 Å². The number of allylic oxidation sites excluding steroid dienone is 6. The lowest BCUT2D eigenvalue weighted by Crippen LogP contribution is -2.04. The molecular weight excluding hydrogens is 336 g/mol. The summed E-state index contributed by atoms with van der Waals surface area (Å²) in [5, 5.41) is 2.65. The minimum absolute atomic E-state index is 1.07. The van der Waals surface area contributed by atoms with Crippen LogP contribution in [-0.2, 0) is 6.42 Å². The second-order valence-electron chi connectivity index (χ2n) is 7.33. The van der Waals surface area contributed by atoms with E-state index < -0.39 is 0 Å². The molecule has 0 nitrogen and oxygen atoms in total. The molecule has 0 amide bonds. The second-order valence-corrected chi connectivity index (χ2v) is 7.33. The van der Waals surface area contributed by atoms with Gasteiger partial charge in [0.05, 0.1) is 0 Å². The Morgan fingerprint density at radius 3 is 2.46 bits per heavy atom. The summed E-state index contributed by atoms with van der Waals surface area (Å²) in [6.45, 7) is 8.11. The van der Waals surface area contributed by atoms with E-state index in [4.69, 9.17) is 0 Å². The highest BCUT2D eigenvalue weighted by Crippen LogP contribution is 2.43. The van der Waals surface area contributed by atoms with Gasteiger partial charge in [-0.15, -0.1) is 0 Å². The molecule has 0 radical (unpaired) electrons. The van der Waals surface area contributed by atoms with E-state index in [-0.39, 0.29) is 0 Å². The quantitative estimate of drug-likeness (QED) is 0.413. The minimum Gasteiger partial charge on any atom is -0.0991 e. The molecular formula is C28H26. The molecule has 4 rings (SSSR count). The van der Waals surface area contributed by atoms with Crippen LogP contribution in [0.5, 0.6) is 0 Å². The number of aryl methyl sites for hydroxylation is 1. The van der Waals surface area contributed by atoms with Gasteiger partial charge in [0.1, 0.15) is 0 Å². The molecule has 0 saturated heterocycles. The Labute approximate surface area is 168 Å². The molecule has 3 aromatic rings. The van der Waals surface area contributed by atoms with Gasteiger partial charge < -0.3 is 0 Å². The fourth-order valence-electron chi connectivity index (χ4n) is 4.24. The molecule has 28 heavy (non-hydrogen) atoms. The summed E-state index contributed by atoms with van der Waals surface area (Å²) in [5.74, 6) is 0. The second kappa shape index (κ2) is 7.86. The van der Waals surface area contributed by atoms with Crippen LogP contribution in [0.2, 0.25) is 0 Å². The standard InChI is InChI=1S/C28H26/c1-4-6-11-21(5-2)27-23-12-7-9-14-25(23)28(22-18-16-20(3)17-19-22)26-15-10-8-13-24(26)27/h4-7,9-12,14-19H,1,8,13H2,2-3H3/b11-6-,21-5+. The zero-order valence-electron chi connectivity index (χ0n) is 16.7. The average molecular weight is 363 g/mol. The van der Waals surface area contributed by atoms with Crippen LogP contribution in [-0.4, -0.2) is 0 Å². The van der Waals surface area contributed by atoms with Crippen molar-refractivity contribution in [1.82, 2.24) is 0 Å². The lowest BCUT2D eigenvalue weighted by molar-refractivity contribution is 0.985. The normalized spacial score (nSPS) is 13.9. The summed E-state index contributed by atoms with van der Waals surface area (Å²) in [5.41, 5.74) is 9.39. The molecule has 0 spiro atoms. The summed E-state index contributed by atoms with van der Waals surface area (Å²) < 4.78 is 0. The van der Waals surface area contributed by atoms with Crippen LogP contribution in [0, 0.1) is 6.92 Å². The van der Waals surface area contributed by atoms with Gasteiger partial charge in [-0.3, -0.25) is 0 Å². The number of hydrogen-bond donors (Lipinski definition) is 0. The third kappa shape index (κ3) is 3.16. The molecule has 138 valence electrons. The highest BCUT2D eigenvalue weighted by molar-refractivity contribution is 6.08. The Hall–Kier alpha value is -3.12. The van der Waals surface area contributed by atoms with E-state index in [2.05, 4.69) is 93.3 Å². The molecule has 0 N–H and O–H groups in total. The first-order valence-electron chi connectivity index (χ1n) is 10.0. The summed E-state index contributed by atoms with van der Waals surface area (Å²) in [4.78, 5) is 0. The van der Waals surface area contributed by atoms with E-state index in [0.29, 0.717) is 0 Å². The maximum Gasteiger partial charge on any atom is -0.00297 e. The van der Waals surface area contributed by atoms with Crippen molar-refractivity contribution >= 4 is 22.4 Å². The van der Waals surface area contributed by atoms with E-state index in [9.17, 15) is 0 Å². The lowest BCUT2D eigenvalue weighted by atomic mass is 9.80. The Balaban J connectivity index is 2.13. The molecule has 1 aliphatic carbocycles. The fraction of sp³-hybridized carbons (Fsp3) is 0.143. The average Bonchev–Trinajstić information content (AvgIpc) is 2.74. The maximum atomic E-state index is 3.85. The van der Waals surface area contributed by atoms with Crippen molar-refractivity contribution in [3.63, 3.8) is 0 Å². The Morgan fingerprint density at radius 2 is 1.75 bits per heavy atom. The molecule has 0 unspecified atom stereocenters. The van der Waals surface area contributed by atoms with Crippen LogP contribution in [0.15, 0.2) is 85.5 Å². The van der Waals surface area contributed by atoms with Crippen LogP contribution >= 0.6 is 0 Å². The number of rotatable bonds is 4. The summed E-state index contributed by atoms with van der Waals surface area (Å²) in [7, 11) is 0. The van der Waals surface area contributed by atoms with Crippen molar-refractivity contribution in [2.75, 3.05) is 0 Å². The van der Waals surface area contributed by atoms with Gasteiger partial charge in [0.15, 0.2) is 0 Å². The van der Waals surface area contributed by atoms with E-state index in [1.807, 2.05) is 12.2 Å². The summed E-state index contributed by atoms with van der Waals surface area (Å²) >= 11 is 0. The van der Waals surface area contributed by atoms with Crippen LogP contribution in [0.25, 0.3) is 33.5 Å². The smallest absolute Gasteiger partial charge is 0.00297 e. The third-order valence-electron chi connectivity index (χ3n) is 5.56. The topological polar surface area (TPSA) is 0 Å². The largest absolute Gasteiger partial charge is 0.0991 e. The van der Waals surface area contributed by atoms with E-state index in [0.717, 1.165) is 12.8 Å². The molecule has 0 aromatic heterocycles. The number of benzene rings is 3. The van der Waals surface area contributed by atoms with Gasteiger partial charge >= 0.3 is 0 Å². The predicted molar refractivity (Wildman–Crippen MR) is 124 cm³/mol. The summed E-state index contributed by atoms with van der Waals surface area (Å²) in [6.07, 6.45) is 15.1. The monoisotopic (exact) mass is 362 g/mol.